The molecule has 1 unspecified atom stereocenters. The summed E-state index contributed by atoms with van der Waals surface area (Å²) >= 11 is 3.90. The summed E-state index contributed by atoms with van der Waals surface area (Å²) in [6, 6.07) is 31.8. The van der Waals surface area contributed by atoms with Crippen molar-refractivity contribution in [3.63, 3.8) is 0 Å². The zero-order valence-electron chi connectivity index (χ0n) is 28.9. The van der Waals surface area contributed by atoms with E-state index in [9.17, 15) is 17.6 Å². The molecular formula is C45H35BrF4O2. The van der Waals surface area contributed by atoms with Crippen LogP contribution in [0.15, 0.2) is 120 Å². The Hall–Kier alpha value is -4.88. The Morgan fingerprint density at radius 1 is 0.769 bits per heavy atom. The van der Waals surface area contributed by atoms with E-state index in [4.69, 9.17) is 9.47 Å². The van der Waals surface area contributed by atoms with E-state index < -0.39 is 28.6 Å². The first kappa shape index (κ1) is 34.2. The fourth-order valence-electron chi connectivity index (χ4n) is 7.92. The molecule has 0 saturated carbocycles. The van der Waals surface area contributed by atoms with Crippen LogP contribution < -0.4 is 9.47 Å². The van der Waals surface area contributed by atoms with Gasteiger partial charge in [-0.25, -0.2) is 4.39 Å². The zero-order valence-corrected chi connectivity index (χ0v) is 30.5. The lowest BCUT2D eigenvalue weighted by Gasteiger charge is -2.38. The van der Waals surface area contributed by atoms with Crippen LogP contribution >= 0.6 is 15.9 Å². The molecule has 2 aliphatic rings. The maximum Gasteiger partial charge on any atom is 0.416 e. The van der Waals surface area contributed by atoms with Crippen molar-refractivity contribution in [2.45, 2.75) is 50.8 Å². The second-order valence-electron chi connectivity index (χ2n) is 14.0. The van der Waals surface area contributed by atoms with Gasteiger partial charge < -0.3 is 9.47 Å². The maximum absolute atomic E-state index is 14.4. The molecule has 0 aromatic heterocycles. The minimum absolute atomic E-state index is 0.343. The lowest BCUT2D eigenvalue weighted by Crippen LogP contribution is -2.35. The Kier molecular flexibility index (Phi) is 8.33. The molecule has 0 spiro atoms. The number of alkyl halides is 3. The SMILES string of the molecule is CCCCOc1ccc(C2(c3ccc(F)cc3)C=Cc3c4c(c5ccc(C(F)(F)F)cc5c3O2)-c2cc(-c3ccccc3)cc(Br)c2C4(C)C)cc1. The van der Waals surface area contributed by atoms with Gasteiger partial charge in [-0.05, 0) is 99.8 Å². The van der Waals surface area contributed by atoms with Gasteiger partial charge in [0.05, 0.1) is 12.2 Å². The number of rotatable bonds is 7. The third-order valence-electron chi connectivity index (χ3n) is 10.4. The van der Waals surface area contributed by atoms with Crippen molar-refractivity contribution >= 4 is 32.8 Å². The molecule has 8 rings (SSSR count). The summed E-state index contributed by atoms with van der Waals surface area (Å²) in [5, 5.41) is 1.01. The first-order chi connectivity index (χ1) is 24.9. The predicted molar refractivity (Wildman–Crippen MR) is 203 cm³/mol. The van der Waals surface area contributed by atoms with Crippen molar-refractivity contribution in [3.05, 3.63) is 159 Å². The van der Waals surface area contributed by atoms with Crippen LogP contribution in [0.2, 0.25) is 0 Å². The van der Waals surface area contributed by atoms with Crippen LogP contribution in [0.4, 0.5) is 17.6 Å². The molecule has 7 heteroatoms. The van der Waals surface area contributed by atoms with E-state index in [1.807, 2.05) is 66.7 Å². The number of halogens is 5. The molecule has 6 aromatic carbocycles. The van der Waals surface area contributed by atoms with Crippen LogP contribution in [0.5, 0.6) is 11.5 Å². The molecule has 1 aliphatic heterocycles. The van der Waals surface area contributed by atoms with E-state index in [1.54, 1.807) is 18.2 Å². The second kappa shape index (κ2) is 12.7. The number of benzene rings is 6. The van der Waals surface area contributed by atoms with E-state index in [2.05, 4.69) is 48.8 Å². The molecule has 0 bridgehead atoms. The van der Waals surface area contributed by atoms with E-state index in [0.29, 0.717) is 40.0 Å². The molecule has 0 fully saturated rings. The van der Waals surface area contributed by atoms with Crippen molar-refractivity contribution in [1.82, 2.24) is 0 Å². The second-order valence-corrected chi connectivity index (χ2v) is 14.9. The smallest absolute Gasteiger partial charge is 0.416 e. The fourth-order valence-corrected chi connectivity index (χ4v) is 8.87. The number of hydrogen-bond donors (Lipinski definition) is 0. The molecule has 6 aromatic rings. The van der Waals surface area contributed by atoms with E-state index in [-0.39, 0.29) is 0 Å². The average molecular weight is 764 g/mol. The Morgan fingerprint density at radius 2 is 1.46 bits per heavy atom. The Bertz CT molecular complexity index is 2360. The molecule has 0 saturated heterocycles. The van der Waals surface area contributed by atoms with Crippen LogP contribution in [0.3, 0.4) is 0 Å². The first-order valence-electron chi connectivity index (χ1n) is 17.4. The molecule has 1 heterocycles. The van der Waals surface area contributed by atoms with Crippen LogP contribution in [0.25, 0.3) is 39.1 Å². The molecule has 1 aliphatic carbocycles. The molecule has 2 nitrogen and oxygen atoms in total. The summed E-state index contributed by atoms with van der Waals surface area (Å²) in [7, 11) is 0. The number of ether oxygens (including phenoxy) is 2. The largest absolute Gasteiger partial charge is 0.494 e. The van der Waals surface area contributed by atoms with Crippen LogP contribution in [0, 0.1) is 5.82 Å². The van der Waals surface area contributed by atoms with Gasteiger partial charge in [0.1, 0.15) is 17.3 Å². The van der Waals surface area contributed by atoms with Gasteiger partial charge in [-0.2, -0.15) is 13.2 Å². The van der Waals surface area contributed by atoms with E-state index in [0.717, 1.165) is 62.3 Å². The molecule has 1 atom stereocenters. The summed E-state index contributed by atoms with van der Waals surface area (Å²) in [4.78, 5) is 0. The van der Waals surface area contributed by atoms with Crippen LogP contribution in [-0.2, 0) is 17.2 Å². The number of hydrogen-bond acceptors (Lipinski definition) is 2. The van der Waals surface area contributed by atoms with Gasteiger partial charge in [0, 0.05) is 32.0 Å². The van der Waals surface area contributed by atoms with Crippen LogP contribution in [-0.4, -0.2) is 6.61 Å². The van der Waals surface area contributed by atoms with Gasteiger partial charge in [0.15, 0.2) is 5.60 Å². The van der Waals surface area contributed by atoms with Crippen molar-refractivity contribution in [2.24, 2.45) is 0 Å². The molecule has 0 radical (unpaired) electrons. The molecule has 262 valence electrons. The minimum Gasteiger partial charge on any atom is -0.494 e. The van der Waals surface area contributed by atoms with Gasteiger partial charge in [-0.1, -0.05) is 110 Å². The molecule has 52 heavy (non-hydrogen) atoms. The fraction of sp³-hybridized carbons (Fsp3) is 0.200. The maximum atomic E-state index is 14.4. The van der Waals surface area contributed by atoms with Crippen molar-refractivity contribution in [3.8, 4) is 33.8 Å². The van der Waals surface area contributed by atoms with Gasteiger partial charge in [-0.3, -0.25) is 0 Å². The number of fused-ring (bicyclic) bond motifs is 8. The Labute approximate surface area is 308 Å². The first-order valence-corrected chi connectivity index (χ1v) is 18.2. The highest BCUT2D eigenvalue weighted by atomic mass is 79.9. The Balaban J connectivity index is 1.40. The van der Waals surface area contributed by atoms with Crippen molar-refractivity contribution < 1.29 is 27.0 Å². The summed E-state index contributed by atoms with van der Waals surface area (Å²) in [5.41, 5.74) is 5.38. The quantitative estimate of drug-likeness (QED) is 0.119. The normalized spacial score (nSPS) is 17.0. The topological polar surface area (TPSA) is 18.5 Å². The predicted octanol–water partition coefficient (Wildman–Crippen LogP) is 13.3. The molecule has 0 N–H and O–H groups in total. The van der Waals surface area contributed by atoms with E-state index >= 15 is 0 Å². The highest BCUT2D eigenvalue weighted by Crippen LogP contribution is 2.60. The minimum atomic E-state index is -4.58. The Morgan fingerprint density at radius 3 is 2.13 bits per heavy atom. The van der Waals surface area contributed by atoms with Gasteiger partial charge in [0.2, 0.25) is 0 Å². The third-order valence-corrected chi connectivity index (χ3v) is 11.0. The molecular weight excluding hydrogens is 728 g/mol. The standard InChI is InChI=1S/C45H35BrF4O2/c1-4-5-23-51-33-18-13-30(14-19-33)44(29-11-16-32(47)17-12-29)22-21-35-41-39(34-20-15-31(45(48,49)50)26-36(34)42(35)52-44)37-24-28(27-9-7-6-8-10-27)25-38(46)40(37)43(41,2)3/h6-22,24-26H,4-5,23H2,1-3H3. The monoisotopic (exact) mass is 762 g/mol. The van der Waals surface area contributed by atoms with E-state index in [1.165, 1.54) is 18.2 Å². The van der Waals surface area contributed by atoms with Crippen LogP contribution in [0.1, 0.15) is 67.0 Å². The van der Waals surface area contributed by atoms with Gasteiger partial charge >= 0.3 is 6.18 Å². The summed E-state index contributed by atoms with van der Waals surface area (Å²) in [6.45, 7) is 6.98. The van der Waals surface area contributed by atoms with Gasteiger partial charge in [0.25, 0.3) is 0 Å². The summed E-state index contributed by atoms with van der Waals surface area (Å²) in [5.74, 6) is 0.636. The summed E-state index contributed by atoms with van der Waals surface area (Å²) in [6.07, 6.45) is 1.27. The van der Waals surface area contributed by atoms with Crippen molar-refractivity contribution in [2.75, 3.05) is 6.61 Å². The zero-order chi connectivity index (χ0) is 36.4. The van der Waals surface area contributed by atoms with Crippen molar-refractivity contribution in [1.29, 1.82) is 0 Å². The highest BCUT2D eigenvalue weighted by Gasteiger charge is 2.46. The molecule has 0 amide bonds. The van der Waals surface area contributed by atoms with Gasteiger partial charge in [-0.15, -0.1) is 0 Å². The average Bonchev–Trinajstić information content (AvgIpc) is 3.38. The lowest BCUT2D eigenvalue weighted by molar-refractivity contribution is -0.137. The lowest BCUT2D eigenvalue weighted by atomic mass is 9.76. The summed E-state index contributed by atoms with van der Waals surface area (Å²) < 4.78 is 71.7. The number of unbranched alkanes of at least 4 members (excludes halogenated alkanes) is 1. The third kappa shape index (κ3) is 5.52. The highest BCUT2D eigenvalue weighted by molar-refractivity contribution is 9.10.